The van der Waals surface area contributed by atoms with E-state index in [1.54, 1.807) is 6.08 Å². The average molecular weight is 423 g/mol. The van der Waals surface area contributed by atoms with Crippen LogP contribution >= 0.6 is 31.9 Å². The van der Waals surface area contributed by atoms with Crippen LogP contribution in [0.4, 0.5) is 5.69 Å². The molecule has 0 atom stereocenters. The van der Waals surface area contributed by atoms with E-state index in [2.05, 4.69) is 75.5 Å². The number of nitrogens with zero attached hydrogens (tertiary/aromatic N) is 1. The van der Waals surface area contributed by atoms with Crippen LogP contribution in [0.1, 0.15) is 16.7 Å². The highest BCUT2D eigenvalue weighted by Gasteiger charge is 2.08. The molecule has 0 spiro atoms. The number of halogens is 2. The molecule has 0 saturated heterocycles. The molecular weight excluding hydrogens is 406 g/mol. The maximum atomic E-state index is 5.74. The second kappa shape index (κ2) is 7.75. The minimum Gasteiger partial charge on any atom is -0.488 e. The van der Waals surface area contributed by atoms with Gasteiger partial charge in [-0.2, -0.15) is 0 Å². The topological polar surface area (TPSA) is 21.6 Å². The van der Waals surface area contributed by atoms with E-state index >= 15 is 0 Å². The molecule has 0 radical (unpaired) electrons. The molecule has 0 aromatic heterocycles. The summed E-state index contributed by atoms with van der Waals surface area (Å²) in [6, 6.07) is 10.2. The van der Waals surface area contributed by atoms with Crippen LogP contribution in [0.2, 0.25) is 0 Å². The zero-order valence-corrected chi connectivity index (χ0v) is 15.7. The predicted molar refractivity (Wildman–Crippen MR) is 101 cm³/mol. The lowest BCUT2D eigenvalue weighted by Gasteiger charge is -2.10. The summed E-state index contributed by atoms with van der Waals surface area (Å²) >= 11 is 7.03. The van der Waals surface area contributed by atoms with Gasteiger partial charge in [0.05, 0.1) is 10.2 Å². The molecule has 0 heterocycles. The summed E-state index contributed by atoms with van der Waals surface area (Å²) in [6.07, 6.45) is 3.55. The fourth-order valence-electron chi connectivity index (χ4n) is 1.97. The molecule has 2 aromatic rings. The fraction of sp³-hybridized carbons (Fsp3) is 0.167. The summed E-state index contributed by atoms with van der Waals surface area (Å²) in [5.74, 6) is 0.761. The third-order valence-electron chi connectivity index (χ3n) is 3.09. The SMILES string of the molecule is C=CCOc1c(Br)cc(Br)cc1C=Nc1cc(C)ccc1C. The Bertz CT molecular complexity index is 723. The Morgan fingerprint density at radius 2 is 1.95 bits per heavy atom. The standard InChI is InChI=1S/C18H17Br2NO/c1-4-7-22-18-14(9-15(19)10-16(18)20)11-21-17-8-12(2)5-6-13(17)3/h4-6,8-11H,1,7H2,2-3H3. The molecule has 0 amide bonds. The van der Waals surface area contributed by atoms with Crippen molar-refractivity contribution in [1.82, 2.24) is 0 Å². The van der Waals surface area contributed by atoms with Crippen molar-refractivity contribution >= 4 is 43.8 Å². The summed E-state index contributed by atoms with van der Waals surface area (Å²) in [5, 5.41) is 0. The summed E-state index contributed by atoms with van der Waals surface area (Å²) in [4.78, 5) is 4.62. The highest BCUT2D eigenvalue weighted by Crippen LogP contribution is 2.32. The van der Waals surface area contributed by atoms with Gasteiger partial charge in [0.1, 0.15) is 12.4 Å². The average Bonchev–Trinajstić information content (AvgIpc) is 2.47. The van der Waals surface area contributed by atoms with Crippen molar-refractivity contribution in [3.8, 4) is 5.75 Å². The number of benzene rings is 2. The molecule has 0 saturated carbocycles. The van der Waals surface area contributed by atoms with Gasteiger partial charge < -0.3 is 4.74 Å². The monoisotopic (exact) mass is 421 g/mol. The summed E-state index contributed by atoms with van der Waals surface area (Å²) in [7, 11) is 0. The third kappa shape index (κ3) is 4.31. The number of hydrogen-bond donors (Lipinski definition) is 0. The van der Waals surface area contributed by atoms with Crippen molar-refractivity contribution in [2.75, 3.05) is 6.61 Å². The van der Waals surface area contributed by atoms with Crippen LogP contribution in [-0.2, 0) is 0 Å². The Balaban J connectivity index is 2.41. The number of aliphatic imine (C=N–C) groups is 1. The van der Waals surface area contributed by atoms with Crippen molar-refractivity contribution in [1.29, 1.82) is 0 Å². The van der Waals surface area contributed by atoms with Gasteiger partial charge in [0.25, 0.3) is 0 Å². The minimum absolute atomic E-state index is 0.449. The van der Waals surface area contributed by atoms with Crippen molar-refractivity contribution in [3.05, 3.63) is 68.6 Å². The molecule has 2 rings (SSSR count). The van der Waals surface area contributed by atoms with E-state index < -0.39 is 0 Å². The molecule has 0 fully saturated rings. The molecule has 4 heteroatoms. The fourth-order valence-corrected chi connectivity index (χ4v) is 3.34. The number of hydrogen-bond acceptors (Lipinski definition) is 2. The second-order valence-corrected chi connectivity index (χ2v) is 6.72. The van der Waals surface area contributed by atoms with Gasteiger partial charge in [-0.15, -0.1) is 0 Å². The number of aryl methyl sites for hydroxylation is 2. The zero-order valence-electron chi connectivity index (χ0n) is 12.6. The largest absolute Gasteiger partial charge is 0.488 e. The van der Waals surface area contributed by atoms with E-state index in [0.717, 1.165) is 31.5 Å². The van der Waals surface area contributed by atoms with Gasteiger partial charge >= 0.3 is 0 Å². The minimum atomic E-state index is 0.449. The molecule has 0 bridgehead atoms. The van der Waals surface area contributed by atoms with E-state index in [1.807, 2.05) is 18.3 Å². The molecule has 114 valence electrons. The van der Waals surface area contributed by atoms with Gasteiger partial charge in [-0.25, -0.2) is 0 Å². The Hall–Kier alpha value is -1.39. The molecule has 0 unspecified atom stereocenters. The van der Waals surface area contributed by atoms with Crippen LogP contribution in [0.5, 0.6) is 5.75 Å². The van der Waals surface area contributed by atoms with Gasteiger partial charge in [0, 0.05) is 16.3 Å². The van der Waals surface area contributed by atoms with Crippen molar-refractivity contribution in [2.24, 2.45) is 4.99 Å². The maximum absolute atomic E-state index is 5.74. The predicted octanol–water partition coefficient (Wildman–Crippen LogP) is 6.14. The summed E-state index contributed by atoms with van der Waals surface area (Å²) in [5.41, 5.74) is 4.20. The van der Waals surface area contributed by atoms with Gasteiger partial charge in [0.15, 0.2) is 0 Å². The Morgan fingerprint density at radius 1 is 1.18 bits per heavy atom. The molecule has 2 nitrogen and oxygen atoms in total. The van der Waals surface area contributed by atoms with Crippen LogP contribution in [0.15, 0.2) is 56.9 Å². The van der Waals surface area contributed by atoms with Gasteiger partial charge in [-0.05, 0) is 59.1 Å². The quantitative estimate of drug-likeness (QED) is 0.418. The van der Waals surface area contributed by atoms with Gasteiger partial charge in [-0.1, -0.05) is 40.7 Å². The highest BCUT2D eigenvalue weighted by atomic mass is 79.9. The first-order valence-corrected chi connectivity index (χ1v) is 8.44. The first kappa shape index (κ1) is 17.0. The summed E-state index contributed by atoms with van der Waals surface area (Å²) in [6.45, 7) is 8.25. The van der Waals surface area contributed by atoms with Crippen LogP contribution in [0, 0.1) is 13.8 Å². The second-order valence-electron chi connectivity index (χ2n) is 4.95. The molecular formula is C18H17Br2NO. The lowest BCUT2D eigenvalue weighted by molar-refractivity contribution is 0.360. The van der Waals surface area contributed by atoms with Crippen LogP contribution in [0.25, 0.3) is 0 Å². The zero-order chi connectivity index (χ0) is 16.1. The Morgan fingerprint density at radius 3 is 2.68 bits per heavy atom. The molecule has 22 heavy (non-hydrogen) atoms. The van der Waals surface area contributed by atoms with Crippen molar-refractivity contribution in [2.45, 2.75) is 13.8 Å². The van der Waals surface area contributed by atoms with Crippen molar-refractivity contribution < 1.29 is 4.74 Å². The highest BCUT2D eigenvalue weighted by molar-refractivity contribution is 9.11. The van der Waals surface area contributed by atoms with E-state index in [-0.39, 0.29) is 0 Å². The molecule has 0 aliphatic carbocycles. The van der Waals surface area contributed by atoms with E-state index in [1.165, 1.54) is 5.56 Å². The van der Waals surface area contributed by atoms with E-state index in [0.29, 0.717) is 6.61 Å². The first-order chi connectivity index (χ1) is 10.5. The van der Waals surface area contributed by atoms with Crippen LogP contribution in [-0.4, -0.2) is 12.8 Å². The lowest BCUT2D eigenvalue weighted by Crippen LogP contribution is -1.98. The van der Waals surface area contributed by atoms with Crippen LogP contribution < -0.4 is 4.74 Å². The molecule has 0 N–H and O–H groups in total. The van der Waals surface area contributed by atoms with E-state index in [4.69, 9.17) is 4.74 Å². The molecule has 2 aromatic carbocycles. The third-order valence-corrected chi connectivity index (χ3v) is 4.14. The van der Waals surface area contributed by atoms with Crippen LogP contribution in [0.3, 0.4) is 0 Å². The normalized spacial score (nSPS) is 10.9. The van der Waals surface area contributed by atoms with Crippen molar-refractivity contribution in [3.63, 3.8) is 0 Å². The first-order valence-electron chi connectivity index (χ1n) is 6.85. The number of ether oxygens (including phenoxy) is 1. The van der Waals surface area contributed by atoms with Gasteiger partial charge in [-0.3, -0.25) is 4.99 Å². The molecule has 0 aliphatic rings. The van der Waals surface area contributed by atoms with Gasteiger partial charge in [0.2, 0.25) is 0 Å². The molecule has 0 aliphatic heterocycles. The smallest absolute Gasteiger partial charge is 0.142 e. The summed E-state index contributed by atoms with van der Waals surface area (Å²) < 4.78 is 7.58. The Labute approximate surface area is 148 Å². The van der Waals surface area contributed by atoms with E-state index in [9.17, 15) is 0 Å². The lowest BCUT2D eigenvalue weighted by atomic mass is 10.1. The maximum Gasteiger partial charge on any atom is 0.142 e. The number of rotatable bonds is 5. The Kier molecular flexibility index (Phi) is 5.98.